The highest BCUT2D eigenvalue weighted by Gasteiger charge is 2.03. The molecule has 1 aromatic carbocycles. The van der Waals surface area contributed by atoms with Crippen molar-refractivity contribution in [1.82, 2.24) is 5.32 Å². The molecule has 0 aliphatic rings. The lowest BCUT2D eigenvalue weighted by molar-refractivity contribution is 0.359. The summed E-state index contributed by atoms with van der Waals surface area (Å²) in [7, 11) is 0. The maximum Gasteiger partial charge on any atom is 0.138 e. The molecule has 94 valence electrons. The lowest BCUT2D eigenvalue weighted by Gasteiger charge is -2.09. The molecule has 5 heteroatoms. The first kappa shape index (κ1) is 14.7. The lowest BCUT2D eigenvalue weighted by Crippen LogP contribution is -2.11. The summed E-state index contributed by atoms with van der Waals surface area (Å²) >= 11 is 17.2. The Balaban J connectivity index is 2.62. The summed E-state index contributed by atoms with van der Waals surface area (Å²) in [6.07, 6.45) is 0. The van der Waals surface area contributed by atoms with Crippen molar-refractivity contribution in [1.29, 1.82) is 0 Å². The molecule has 0 fully saturated rings. The molecule has 0 aromatic heterocycles. The van der Waals surface area contributed by atoms with E-state index in [9.17, 15) is 0 Å². The Morgan fingerprint density at radius 1 is 1.47 bits per heavy atom. The molecule has 17 heavy (non-hydrogen) atoms. The number of rotatable bonds is 6. The van der Waals surface area contributed by atoms with Gasteiger partial charge in [0.05, 0.1) is 10.1 Å². The SMILES string of the molecule is CCNCc1ccc(OCC(Cl)=CCl)c(Cl)c1. The quantitative estimate of drug-likeness (QED) is 0.851. The normalized spacial score (nSPS) is 11.6. The molecule has 0 unspecified atom stereocenters. The summed E-state index contributed by atoms with van der Waals surface area (Å²) in [5, 5.41) is 4.22. The summed E-state index contributed by atoms with van der Waals surface area (Å²) in [6, 6.07) is 5.66. The third-order valence-electron chi connectivity index (χ3n) is 2.06. The van der Waals surface area contributed by atoms with Crippen molar-refractivity contribution in [3.8, 4) is 5.75 Å². The van der Waals surface area contributed by atoms with Gasteiger partial charge in [-0.1, -0.05) is 47.8 Å². The number of hydrogen-bond donors (Lipinski definition) is 1. The topological polar surface area (TPSA) is 21.3 Å². The van der Waals surface area contributed by atoms with Crippen LogP contribution in [-0.2, 0) is 6.54 Å². The van der Waals surface area contributed by atoms with Crippen LogP contribution >= 0.6 is 34.8 Å². The lowest BCUT2D eigenvalue weighted by atomic mass is 10.2. The van der Waals surface area contributed by atoms with Crippen molar-refractivity contribution in [3.63, 3.8) is 0 Å². The fourth-order valence-corrected chi connectivity index (χ4v) is 1.59. The van der Waals surface area contributed by atoms with Gasteiger partial charge < -0.3 is 10.1 Å². The Morgan fingerprint density at radius 3 is 2.82 bits per heavy atom. The highest BCUT2D eigenvalue weighted by molar-refractivity contribution is 6.36. The Bertz CT molecular complexity index is 393. The van der Waals surface area contributed by atoms with E-state index < -0.39 is 0 Å². The maximum atomic E-state index is 6.09. The van der Waals surface area contributed by atoms with E-state index in [4.69, 9.17) is 39.5 Å². The van der Waals surface area contributed by atoms with Gasteiger partial charge in [0.1, 0.15) is 12.4 Å². The predicted molar refractivity (Wildman–Crippen MR) is 74.1 cm³/mol. The van der Waals surface area contributed by atoms with E-state index in [0.717, 1.165) is 18.7 Å². The van der Waals surface area contributed by atoms with Gasteiger partial charge in [-0.3, -0.25) is 0 Å². The van der Waals surface area contributed by atoms with Crippen molar-refractivity contribution in [2.45, 2.75) is 13.5 Å². The molecule has 1 aromatic rings. The van der Waals surface area contributed by atoms with Crippen LogP contribution in [0.4, 0.5) is 0 Å². The number of hydrogen-bond acceptors (Lipinski definition) is 2. The first-order valence-electron chi connectivity index (χ1n) is 5.24. The van der Waals surface area contributed by atoms with Crippen LogP contribution in [0.2, 0.25) is 5.02 Å². The van der Waals surface area contributed by atoms with Gasteiger partial charge in [0.15, 0.2) is 0 Å². The van der Waals surface area contributed by atoms with E-state index in [1.54, 1.807) is 0 Å². The summed E-state index contributed by atoms with van der Waals surface area (Å²) in [5.74, 6) is 0.601. The molecule has 0 amide bonds. The molecule has 0 saturated carbocycles. The zero-order chi connectivity index (χ0) is 12.7. The third-order valence-corrected chi connectivity index (χ3v) is 2.95. The molecule has 0 radical (unpaired) electrons. The standard InChI is InChI=1S/C12H14Cl3NO/c1-2-16-7-9-3-4-12(11(15)5-9)17-8-10(14)6-13/h3-6,16H,2,7-8H2,1H3. The van der Waals surface area contributed by atoms with Gasteiger partial charge in [-0.15, -0.1) is 0 Å². The third kappa shape index (κ3) is 5.17. The van der Waals surface area contributed by atoms with E-state index >= 15 is 0 Å². The molecule has 0 atom stereocenters. The van der Waals surface area contributed by atoms with Crippen molar-refractivity contribution in [3.05, 3.63) is 39.4 Å². The Kier molecular flexibility index (Phi) is 6.75. The van der Waals surface area contributed by atoms with Crippen LogP contribution in [0.1, 0.15) is 12.5 Å². The second kappa shape index (κ2) is 7.83. The Labute approximate surface area is 117 Å². The molecule has 0 heterocycles. The summed E-state index contributed by atoms with van der Waals surface area (Å²) in [6.45, 7) is 3.99. The van der Waals surface area contributed by atoms with Crippen LogP contribution < -0.4 is 10.1 Å². The largest absolute Gasteiger partial charge is 0.486 e. The van der Waals surface area contributed by atoms with Crippen LogP contribution in [0.3, 0.4) is 0 Å². The predicted octanol–water partition coefficient (Wildman–Crippen LogP) is 4.15. The molecule has 0 saturated heterocycles. The molecule has 0 bridgehead atoms. The Morgan fingerprint density at radius 2 is 2.24 bits per heavy atom. The first-order valence-corrected chi connectivity index (χ1v) is 6.43. The van der Waals surface area contributed by atoms with Gasteiger partial charge >= 0.3 is 0 Å². The van der Waals surface area contributed by atoms with Crippen LogP contribution in [0.5, 0.6) is 5.75 Å². The summed E-state index contributed by atoms with van der Waals surface area (Å²) < 4.78 is 5.41. The highest BCUT2D eigenvalue weighted by Crippen LogP contribution is 2.26. The van der Waals surface area contributed by atoms with Gasteiger partial charge in [-0.2, -0.15) is 0 Å². The molecule has 2 nitrogen and oxygen atoms in total. The van der Waals surface area contributed by atoms with Crippen LogP contribution in [0.25, 0.3) is 0 Å². The second-order valence-electron chi connectivity index (χ2n) is 3.39. The van der Waals surface area contributed by atoms with E-state index in [0.29, 0.717) is 15.8 Å². The van der Waals surface area contributed by atoms with Crippen LogP contribution in [0, 0.1) is 0 Å². The molecule has 0 aliphatic carbocycles. The van der Waals surface area contributed by atoms with Crippen molar-refractivity contribution in [2.24, 2.45) is 0 Å². The van der Waals surface area contributed by atoms with Crippen molar-refractivity contribution in [2.75, 3.05) is 13.2 Å². The Hall–Kier alpha value is -0.410. The van der Waals surface area contributed by atoms with Crippen LogP contribution in [0.15, 0.2) is 28.8 Å². The fraction of sp³-hybridized carbons (Fsp3) is 0.333. The second-order valence-corrected chi connectivity index (χ2v) is 4.50. The van der Waals surface area contributed by atoms with Gasteiger partial charge in [-0.25, -0.2) is 0 Å². The zero-order valence-corrected chi connectivity index (χ0v) is 11.7. The van der Waals surface area contributed by atoms with E-state index in [2.05, 4.69) is 12.2 Å². The van der Waals surface area contributed by atoms with Gasteiger partial charge in [0, 0.05) is 12.1 Å². The molecular weight excluding hydrogens is 280 g/mol. The van der Waals surface area contributed by atoms with E-state index in [1.165, 1.54) is 5.54 Å². The minimum absolute atomic E-state index is 0.220. The molecule has 1 N–H and O–H groups in total. The average Bonchev–Trinajstić information content (AvgIpc) is 2.34. The smallest absolute Gasteiger partial charge is 0.138 e. The van der Waals surface area contributed by atoms with Gasteiger partial charge in [0.2, 0.25) is 0 Å². The average molecular weight is 295 g/mol. The summed E-state index contributed by atoms with van der Waals surface area (Å²) in [4.78, 5) is 0. The molecular formula is C12H14Cl3NO. The monoisotopic (exact) mass is 293 g/mol. The molecule has 0 spiro atoms. The van der Waals surface area contributed by atoms with Crippen LogP contribution in [-0.4, -0.2) is 13.2 Å². The zero-order valence-electron chi connectivity index (χ0n) is 9.47. The van der Waals surface area contributed by atoms with E-state index in [1.807, 2.05) is 18.2 Å². The minimum Gasteiger partial charge on any atom is -0.486 e. The molecule has 1 rings (SSSR count). The number of ether oxygens (including phenoxy) is 1. The number of nitrogens with one attached hydrogen (secondary N) is 1. The van der Waals surface area contributed by atoms with Crippen molar-refractivity contribution < 1.29 is 4.74 Å². The van der Waals surface area contributed by atoms with E-state index in [-0.39, 0.29) is 6.61 Å². The first-order chi connectivity index (χ1) is 8.17. The van der Waals surface area contributed by atoms with Gasteiger partial charge in [-0.05, 0) is 24.2 Å². The molecule has 0 aliphatic heterocycles. The number of halogens is 3. The fourth-order valence-electron chi connectivity index (χ4n) is 1.22. The maximum absolute atomic E-state index is 6.09. The highest BCUT2D eigenvalue weighted by atomic mass is 35.5. The van der Waals surface area contributed by atoms with Gasteiger partial charge in [0.25, 0.3) is 0 Å². The van der Waals surface area contributed by atoms with Crippen molar-refractivity contribution >= 4 is 34.8 Å². The number of benzene rings is 1. The summed E-state index contributed by atoms with van der Waals surface area (Å²) in [5.41, 5.74) is 2.39. The minimum atomic E-state index is 0.220.